The molecule has 1 heterocycles. The van der Waals surface area contributed by atoms with Crippen molar-refractivity contribution in [3.05, 3.63) is 77.9 Å². The monoisotopic (exact) mass is 467 g/mol. The number of piperazine rings is 1. The number of allylic oxidation sites excluding steroid dienone is 1. The summed E-state index contributed by atoms with van der Waals surface area (Å²) in [6.45, 7) is 14.5. The molecule has 2 N–H and O–H groups in total. The minimum atomic E-state index is -0.00106. The Kier molecular flexibility index (Phi) is 11.3. The molecule has 0 aromatic heterocycles. The number of methoxy groups -OCH3 is 1. The van der Waals surface area contributed by atoms with Crippen LogP contribution in [0.3, 0.4) is 0 Å². The van der Waals surface area contributed by atoms with Gasteiger partial charge in [-0.25, -0.2) is 0 Å². The molecular weight excluding hydrogens is 426 g/mol. The van der Waals surface area contributed by atoms with E-state index in [4.69, 9.17) is 4.74 Å². The van der Waals surface area contributed by atoms with Gasteiger partial charge in [0.05, 0.1) is 19.8 Å². The van der Waals surface area contributed by atoms with Gasteiger partial charge in [-0.05, 0) is 63.1 Å². The molecule has 0 radical (unpaired) electrons. The van der Waals surface area contributed by atoms with Gasteiger partial charge in [0.1, 0.15) is 5.75 Å². The van der Waals surface area contributed by atoms with Crippen LogP contribution in [0.15, 0.2) is 61.2 Å². The molecule has 1 aliphatic heterocycles. The van der Waals surface area contributed by atoms with E-state index in [1.165, 1.54) is 0 Å². The summed E-state index contributed by atoms with van der Waals surface area (Å²) in [5.74, 6) is 0.877. The van der Waals surface area contributed by atoms with Gasteiger partial charge in [0.2, 0.25) is 0 Å². The maximum Gasteiger partial charge on any atom is 0.253 e. The molecule has 1 fully saturated rings. The predicted octanol–water partition coefficient (Wildman–Crippen LogP) is 4.11. The van der Waals surface area contributed by atoms with Crippen LogP contribution in [0.25, 0.3) is 0 Å². The third kappa shape index (κ3) is 6.92. The highest BCUT2D eigenvalue weighted by Crippen LogP contribution is 2.33. The molecule has 6 heteroatoms. The zero-order valence-corrected chi connectivity index (χ0v) is 21.3. The summed E-state index contributed by atoms with van der Waals surface area (Å²) < 4.78 is 5.48. The number of benzene rings is 2. The molecule has 2 aromatic carbocycles. The lowest BCUT2D eigenvalue weighted by Gasteiger charge is -2.43. The van der Waals surface area contributed by atoms with Crippen LogP contribution < -0.4 is 10.1 Å². The molecule has 0 spiro atoms. The van der Waals surface area contributed by atoms with Gasteiger partial charge < -0.3 is 20.1 Å². The summed E-state index contributed by atoms with van der Waals surface area (Å²) in [5.41, 5.74) is 2.96. The second-order valence-corrected chi connectivity index (χ2v) is 8.52. The summed E-state index contributed by atoms with van der Waals surface area (Å²) in [5, 5.41) is 13.2. The lowest BCUT2D eigenvalue weighted by Crippen LogP contribution is -2.57. The predicted molar refractivity (Wildman–Crippen MR) is 139 cm³/mol. The summed E-state index contributed by atoms with van der Waals surface area (Å²) >= 11 is 0. The molecule has 1 saturated heterocycles. The molecule has 186 valence electrons. The van der Waals surface area contributed by atoms with Gasteiger partial charge >= 0.3 is 0 Å². The van der Waals surface area contributed by atoms with Crippen LogP contribution in [0, 0.1) is 0 Å². The van der Waals surface area contributed by atoms with Crippen molar-refractivity contribution in [3.63, 3.8) is 0 Å². The van der Waals surface area contributed by atoms with Gasteiger partial charge in [0, 0.05) is 43.8 Å². The molecule has 6 nitrogen and oxygen atoms in total. The van der Waals surface area contributed by atoms with Gasteiger partial charge in [-0.1, -0.05) is 30.3 Å². The SMILES string of the molecule is C=CC.CCN(CC)C(=O)c1ccc(C(c2cccc(OC)c2)N2CC(CO)NCC2C)cc1. The van der Waals surface area contributed by atoms with E-state index in [-0.39, 0.29) is 30.6 Å². The lowest BCUT2D eigenvalue weighted by molar-refractivity contribution is 0.0772. The quantitative estimate of drug-likeness (QED) is 0.572. The Bertz CT molecular complexity index is 896. The summed E-state index contributed by atoms with van der Waals surface area (Å²) in [4.78, 5) is 17.0. The summed E-state index contributed by atoms with van der Waals surface area (Å²) in [6.07, 6.45) is 1.75. The van der Waals surface area contributed by atoms with Crippen molar-refractivity contribution in [2.75, 3.05) is 39.9 Å². The molecule has 0 bridgehead atoms. The topological polar surface area (TPSA) is 65.0 Å². The zero-order valence-electron chi connectivity index (χ0n) is 21.3. The third-order valence-corrected chi connectivity index (χ3v) is 6.18. The van der Waals surface area contributed by atoms with Gasteiger partial charge in [0.25, 0.3) is 5.91 Å². The van der Waals surface area contributed by atoms with E-state index in [0.717, 1.165) is 30.0 Å². The van der Waals surface area contributed by atoms with Crippen LogP contribution in [-0.4, -0.2) is 72.8 Å². The first kappa shape index (κ1) is 27.6. The van der Waals surface area contributed by atoms with E-state index < -0.39 is 0 Å². The molecular formula is C28H41N3O3. The van der Waals surface area contributed by atoms with E-state index in [1.807, 2.05) is 49.9 Å². The van der Waals surface area contributed by atoms with Crippen LogP contribution in [0.2, 0.25) is 0 Å². The van der Waals surface area contributed by atoms with Crippen LogP contribution >= 0.6 is 0 Å². The standard InChI is InChI=1S/C25H35N3O3.C3H6/c1-5-27(6-2)25(30)20-12-10-19(11-13-20)24(21-8-7-9-23(14-21)31-4)28-16-22(17-29)26-15-18(28)3;1-3-2/h7-14,18,22,24,26,29H,5-6,15-17H2,1-4H3;3H,1H2,2H3. The maximum atomic E-state index is 12.7. The highest BCUT2D eigenvalue weighted by atomic mass is 16.5. The molecule has 2 aromatic rings. The van der Waals surface area contributed by atoms with Gasteiger partial charge in [-0.2, -0.15) is 0 Å². The van der Waals surface area contributed by atoms with Crippen LogP contribution in [0.1, 0.15) is 55.2 Å². The first-order valence-corrected chi connectivity index (χ1v) is 12.1. The number of hydrogen-bond acceptors (Lipinski definition) is 5. The maximum absolute atomic E-state index is 12.7. The number of aliphatic hydroxyl groups is 1. The number of carbonyl (C=O) groups is 1. The first-order valence-electron chi connectivity index (χ1n) is 12.1. The van der Waals surface area contributed by atoms with Crippen molar-refractivity contribution in [3.8, 4) is 5.75 Å². The molecule has 0 saturated carbocycles. The number of hydrogen-bond donors (Lipinski definition) is 2. The number of nitrogens with zero attached hydrogens (tertiary/aromatic N) is 2. The van der Waals surface area contributed by atoms with Gasteiger partial charge in [-0.15, -0.1) is 6.58 Å². The fourth-order valence-corrected chi connectivity index (χ4v) is 4.32. The van der Waals surface area contributed by atoms with E-state index in [9.17, 15) is 9.90 Å². The Morgan fingerprint density at radius 2 is 1.88 bits per heavy atom. The number of ether oxygens (including phenoxy) is 1. The molecule has 3 atom stereocenters. The minimum absolute atomic E-state index is 0.00106. The molecule has 34 heavy (non-hydrogen) atoms. The van der Waals surface area contributed by atoms with E-state index >= 15 is 0 Å². The fourth-order valence-electron chi connectivity index (χ4n) is 4.32. The number of carbonyl (C=O) groups excluding carboxylic acids is 1. The first-order chi connectivity index (χ1) is 16.4. The van der Waals surface area contributed by atoms with Crippen LogP contribution in [0.4, 0.5) is 0 Å². The largest absolute Gasteiger partial charge is 0.497 e. The summed E-state index contributed by atoms with van der Waals surface area (Å²) in [7, 11) is 1.68. The average molecular weight is 468 g/mol. The Labute approximate surface area is 205 Å². The van der Waals surface area contributed by atoms with Crippen molar-refractivity contribution in [1.82, 2.24) is 15.1 Å². The van der Waals surface area contributed by atoms with Gasteiger partial charge in [0.15, 0.2) is 0 Å². The van der Waals surface area contributed by atoms with Crippen molar-refractivity contribution < 1.29 is 14.6 Å². The highest BCUT2D eigenvalue weighted by molar-refractivity contribution is 5.94. The third-order valence-electron chi connectivity index (χ3n) is 6.18. The summed E-state index contributed by atoms with van der Waals surface area (Å²) in [6, 6.07) is 16.4. The second-order valence-electron chi connectivity index (χ2n) is 8.52. The second kappa shape index (κ2) is 13.9. The molecule has 1 amide bonds. The Morgan fingerprint density at radius 3 is 2.44 bits per heavy atom. The number of rotatable bonds is 8. The normalized spacial score (nSPS) is 18.9. The Hall–Kier alpha value is -2.67. The molecule has 3 rings (SSSR count). The van der Waals surface area contributed by atoms with E-state index in [0.29, 0.717) is 18.7 Å². The van der Waals surface area contributed by atoms with Crippen LogP contribution in [-0.2, 0) is 0 Å². The molecule has 3 unspecified atom stereocenters. The van der Waals surface area contributed by atoms with Gasteiger partial charge in [-0.3, -0.25) is 9.69 Å². The lowest BCUT2D eigenvalue weighted by atomic mass is 9.93. The van der Waals surface area contributed by atoms with Crippen molar-refractivity contribution in [1.29, 1.82) is 0 Å². The Morgan fingerprint density at radius 1 is 1.24 bits per heavy atom. The smallest absolute Gasteiger partial charge is 0.253 e. The minimum Gasteiger partial charge on any atom is -0.497 e. The van der Waals surface area contributed by atoms with Crippen molar-refractivity contribution in [2.45, 2.75) is 45.8 Å². The average Bonchev–Trinajstić information content (AvgIpc) is 2.87. The van der Waals surface area contributed by atoms with E-state index in [2.05, 4.69) is 48.0 Å². The zero-order chi connectivity index (χ0) is 25.1. The van der Waals surface area contributed by atoms with Crippen molar-refractivity contribution >= 4 is 5.91 Å². The highest BCUT2D eigenvalue weighted by Gasteiger charge is 2.32. The molecule has 1 aliphatic rings. The number of aliphatic hydroxyl groups excluding tert-OH is 1. The van der Waals surface area contributed by atoms with Crippen LogP contribution in [0.5, 0.6) is 5.75 Å². The fraction of sp³-hybridized carbons (Fsp3) is 0.464. The van der Waals surface area contributed by atoms with Crippen molar-refractivity contribution in [2.24, 2.45) is 0 Å². The number of amides is 1. The number of nitrogens with one attached hydrogen (secondary N) is 1. The van der Waals surface area contributed by atoms with E-state index in [1.54, 1.807) is 13.2 Å². The molecule has 0 aliphatic carbocycles. The Balaban J connectivity index is 0.00000129.